The summed E-state index contributed by atoms with van der Waals surface area (Å²) in [6.07, 6.45) is -15.2. The molecular formula is C60H48O24. The van der Waals surface area contributed by atoms with E-state index in [4.69, 9.17) is 56.8 Å². The molecule has 1 fully saturated rings. The van der Waals surface area contributed by atoms with Crippen molar-refractivity contribution in [3.63, 3.8) is 0 Å². The molecule has 7 rings (SSSR count). The second kappa shape index (κ2) is 27.4. The highest BCUT2D eigenvalue weighted by Gasteiger charge is 2.62. The predicted molar refractivity (Wildman–Crippen MR) is 282 cm³/mol. The number of carbonyl (C=O) groups excluding carboxylic acids is 12. The van der Waals surface area contributed by atoms with Crippen LogP contribution in [0, 0.1) is 0 Å². The van der Waals surface area contributed by atoms with Crippen LogP contribution >= 0.6 is 0 Å². The van der Waals surface area contributed by atoms with E-state index >= 15 is 0 Å². The second-order valence-corrected chi connectivity index (χ2v) is 17.8. The van der Waals surface area contributed by atoms with Crippen molar-refractivity contribution in [2.24, 2.45) is 0 Å². The number of esters is 12. The number of rotatable bonds is 18. The maximum atomic E-state index is 15.0. The summed E-state index contributed by atoms with van der Waals surface area (Å²) in [5, 5.41) is 0. The smallest absolute Gasteiger partial charge is 0.342 e. The zero-order chi connectivity index (χ0) is 60.8. The Morgan fingerprint density at radius 1 is 0.214 bits per heavy atom. The summed E-state index contributed by atoms with van der Waals surface area (Å²) >= 11 is 0. The van der Waals surface area contributed by atoms with Gasteiger partial charge in [-0.25, -0.2) is 28.8 Å². The second-order valence-electron chi connectivity index (χ2n) is 17.8. The molecule has 0 unspecified atom stereocenters. The highest BCUT2D eigenvalue weighted by Crippen LogP contribution is 2.40. The third-order valence-corrected chi connectivity index (χ3v) is 11.6. The van der Waals surface area contributed by atoms with Crippen LogP contribution in [0.15, 0.2) is 146 Å². The monoisotopic (exact) mass is 1150 g/mol. The summed E-state index contributed by atoms with van der Waals surface area (Å²) in [5.41, 5.74) is -3.21. The molecule has 0 heterocycles. The number of benzene rings is 6. The fraction of sp³-hybridized carbons (Fsp3) is 0.200. The lowest BCUT2D eigenvalue weighted by molar-refractivity contribution is -0.223. The van der Waals surface area contributed by atoms with Crippen LogP contribution < -0.4 is 28.4 Å². The van der Waals surface area contributed by atoms with Crippen molar-refractivity contribution in [1.82, 2.24) is 0 Å². The number of ether oxygens (including phenoxy) is 12. The van der Waals surface area contributed by atoms with Gasteiger partial charge in [0.05, 0.1) is 0 Å². The summed E-state index contributed by atoms with van der Waals surface area (Å²) in [4.78, 5) is 164. The Bertz CT molecular complexity index is 2970. The van der Waals surface area contributed by atoms with Gasteiger partial charge in [-0.05, 0) is 72.8 Å². The first-order valence-electron chi connectivity index (χ1n) is 25.0. The summed E-state index contributed by atoms with van der Waals surface area (Å²) in [7, 11) is 0. The standard InChI is InChI=1S/C60H48O24/c1-31(61)73-43-25-13-7-19-37(43)55(67)79-49-50(80-56(68)38-20-8-14-26-44(38)74-32(2)62)52(82-58(70)40-22-10-16-28-46(40)76-34(4)64)54(84-60(72)42-24-12-18-30-48(42)78-36(6)66)53(83-59(71)41-23-11-17-29-47(41)77-35(5)65)51(49)81-57(69)39-21-9-15-27-45(39)75-33(3)63/h7-30,49-54H,1-6H3. The molecule has 1 aliphatic rings. The molecule has 1 aliphatic carbocycles. The van der Waals surface area contributed by atoms with E-state index < -0.39 is 176 Å². The van der Waals surface area contributed by atoms with Gasteiger partial charge in [0, 0.05) is 41.5 Å². The minimum absolute atomic E-state index is 0.424. The molecule has 84 heavy (non-hydrogen) atoms. The van der Waals surface area contributed by atoms with E-state index in [1.54, 1.807) is 0 Å². The predicted octanol–water partition coefficient (Wildman–Crippen LogP) is 6.91. The molecule has 6 aromatic carbocycles. The van der Waals surface area contributed by atoms with E-state index in [0.29, 0.717) is 0 Å². The van der Waals surface area contributed by atoms with E-state index in [-0.39, 0.29) is 0 Å². The first kappa shape index (κ1) is 60.6. The fourth-order valence-electron chi connectivity index (χ4n) is 8.32. The molecule has 24 nitrogen and oxygen atoms in total. The van der Waals surface area contributed by atoms with E-state index in [1.807, 2.05) is 0 Å². The maximum absolute atomic E-state index is 15.0. The van der Waals surface area contributed by atoms with E-state index in [9.17, 15) is 57.5 Å². The Balaban J connectivity index is 1.58. The highest BCUT2D eigenvalue weighted by atomic mass is 16.7. The summed E-state index contributed by atoms with van der Waals surface area (Å²) in [6, 6.07) is 30.0. The Morgan fingerprint density at radius 2 is 0.333 bits per heavy atom. The van der Waals surface area contributed by atoms with Gasteiger partial charge in [-0.15, -0.1) is 0 Å². The van der Waals surface area contributed by atoms with Crippen LogP contribution in [-0.4, -0.2) is 108 Å². The molecule has 0 atom stereocenters. The molecule has 24 heteroatoms. The van der Waals surface area contributed by atoms with Crippen LogP contribution in [0.2, 0.25) is 0 Å². The number of hydrogen-bond acceptors (Lipinski definition) is 24. The third kappa shape index (κ3) is 15.2. The van der Waals surface area contributed by atoms with Crippen molar-refractivity contribution in [3.05, 3.63) is 179 Å². The van der Waals surface area contributed by atoms with Crippen molar-refractivity contribution >= 4 is 71.6 Å². The molecular weight excluding hydrogens is 1100 g/mol. The molecule has 0 aliphatic heterocycles. The Morgan fingerprint density at radius 3 is 0.452 bits per heavy atom. The largest absolute Gasteiger partial charge is 0.450 e. The van der Waals surface area contributed by atoms with Crippen molar-refractivity contribution in [2.45, 2.75) is 78.2 Å². The molecule has 432 valence electrons. The molecule has 0 N–H and O–H groups in total. The number of hydrogen-bond donors (Lipinski definition) is 0. The molecule has 1 saturated carbocycles. The quantitative estimate of drug-likeness (QED) is 0.0479. The first-order valence-corrected chi connectivity index (χ1v) is 25.0. The number of carbonyl (C=O) groups is 12. The van der Waals surface area contributed by atoms with Crippen molar-refractivity contribution in [1.29, 1.82) is 0 Å². The fourth-order valence-corrected chi connectivity index (χ4v) is 8.32. The molecule has 0 bridgehead atoms. The van der Waals surface area contributed by atoms with Gasteiger partial charge >= 0.3 is 71.6 Å². The summed E-state index contributed by atoms with van der Waals surface area (Å²) in [5.74, 6) is -17.0. The average Bonchev–Trinajstić information content (AvgIpc) is 3.16. The van der Waals surface area contributed by atoms with Gasteiger partial charge < -0.3 is 56.8 Å². The van der Waals surface area contributed by atoms with Crippen molar-refractivity contribution in [3.8, 4) is 34.5 Å². The van der Waals surface area contributed by atoms with Crippen LogP contribution in [-0.2, 0) is 57.2 Å². The Kier molecular flexibility index (Phi) is 19.8. The zero-order valence-corrected chi connectivity index (χ0v) is 45.1. The molecule has 0 saturated heterocycles. The lowest BCUT2D eigenvalue weighted by atomic mass is 9.83. The normalized spacial score (nSPS) is 16.8. The van der Waals surface area contributed by atoms with Gasteiger partial charge in [0.25, 0.3) is 0 Å². The summed E-state index contributed by atoms with van der Waals surface area (Å²) < 4.78 is 69.1. The van der Waals surface area contributed by atoms with E-state index in [1.165, 1.54) is 109 Å². The van der Waals surface area contributed by atoms with Crippen LogP contribution in [0.5, 0.6) is 34.5 Å². The van der Waals surface area contributed by atoms with Gasteiger partial charge in [0.15, 0.2) is 36.6 Å². The Labute approximate surface area is 476 Å². The van der Waals surface area contributed by atoms with Crippen LogP contribution in [0.25, 0.3) is 0 Å². The van der Waals surface area contributed by atoms with Gasteiger partial charge in [-0.1, -0.05) is 72.8 Å². The molecule has 0 aromatic heterocycles. The van der Waals surface area contributed by atoms with Crippen LogP contribution in [0.1, 0.15) is 104 Å². The molecule has 0 radical (unpaired) electrons. The molecule has 0 amide bonds. The third-order valence-electron chi connectivity index (χ3n) is 11.6. The Hall–Kier alpha value is -11.0. The molecule has 6 aromatic rings. The summed E-state index contributed by atoms with van der Waals surface area (Å²) in [6.45, 7) is 6.08. The topological polar surface area (TPSA) is 316 Å². The average molecular weight is 1150 g/mol. The SMILES string of the molecule is CC(=O)Oc1ccccc1C(=O)OC1C(OC(=O)c2ccccc2OC(C)=O)C(OC(=O)c2ccccc2OC(C)=O)C(OC(=O)c2ccccc2OC(C)=O)C(OC(=O)c2ccccc2OC(C)=O)C1OC(=O)c1ccccc1OC(C)=O. The minimum atomic E-state index is -2.54. The van der Waals surface area contributed by atoms with Gasteiger partial charge in [-0.3, -0.25) is 28.8 Å². The van der Waals surface area contributed by atoms with E-state index in [2.05, 4.69) is 0 Å². The van der Waals surface area contributed by atoms with Crippen LogP contribution in [0.4, 0.5) is 0 Å². The highest BCUT2D eigenvalue weighted by molar-refractivity contribution is 5.98. The lowest BCUT2D eigenvalue weighted by Gasteiger charge is -2.47. The zero-order valence-electron chi connectivity index (χ0n) is 45.1. The van der Waals surface area contributed by atoms with Crippen molar-refractivity contribution < 1.29 is 114 Å². The van der Waals surface area contributed by atoms with Crippen molar-refractivity contribution in [2.75, 3.05) is 0 Å². The maximum Gasteiger partial charge on any atom is 0.342 e. The molecule has 0 spiro atoms. The van der Waals surface area contributed by atoms with Gasteiger partial charge in [-0.2, -0.15) is 0 Å². The number of para-hydroxylation sites is 6. The minimum Gasteiger partial charge on any atom is -0.450 e. The van der Waals surface area contributed by atoms with Gasteiger partial charge in [0.1, 0.15) is 67.9 Å². The first-order chi connectivity index (χ1) is 40.1. The van der Waals surface area contributed by atoms with Crippen LogP contribution in [0.3, 0.4) is 0 Å². The lowest BCUT2D eigenvalue weighted by Crippen LogP contribution is -2.69. The van der Waals surface area contributed by atoms with E-state index in [0.717, 1.165) is 77.9 Å². The van der Waals surface area contributed by atoms with Gasteiger partial charge in [0.2, 0.25) is 0 Å².